The number of nitrogens with zero attached hydrogens (tertiary/aromatic N) is 1. The number of ether oxygens (including phenoxy) is 2. The summed E-state index contributed by atoms with van der Waals surface area (Å²) in [5, 5.41) is 0. The summed E-state index contributed by atoms with van der Waals surface area (Å²) in [5.74, 6) is 1.54. The lowest BCUT2D eigenvalue weighted by Crippen LogP contribution is -3.00. The van der Waals surface area contributed by atoms with E-state index in [0.29, 0.717) is 13.3 Å². The lowest BCUT2D eigenvalue weighted by Gasteiger charge is -2.19. The van der Waals surface area contributed by atoms with Gasteiger partial charge in [0, 0.05) is 18.4 Å². The first-order valence-corrected chi connectivity index (χ1v) is 9.53. The maximum absolute atomic E-state index is 14.2. The second-order valence-corrected chi connectivity index (χ2v) is 7.03. The molecule has 0 saturated carbocycles. The normalized spacial score (nSPS) is 14.7. The molecule has 144 valence electrons. The van der Waals surface area contributed by atoms with Gasteiger partial charge in [0.05, 0.1) is 5.56 Å². The summed E-state index contributed by atoms with van der Waals surface area (Å²) in [6.45, 7) is 4.03. The van der Waals surface area contributed by atoms with E-state index >= 15 is 0 Å². The minimum Gasteiger partial charge on any atom is -1.00 e. The third kappa shape index (κ3) is 4.11. The largest absolute Gasteiger partial charge is 1.00 e. The number of hydrogen-bond donors (Lipinski definition) is 0. The zero-order valence-corrected chi connectivity index (χ0v) is 16.4. The fourth-order valence-corrected chi connectivity index (χ4v) is 3.86. The van der Waals surface area contributed by atoms with Crippen LogP contribution in [0.15, 0.2) is 36.4 Å². The molecule has 0 aliphatic carbocycles. The molecule has 2 aliphatic rings. The van der Waals surface area contributed by atoms with Gasteiger partial charge in [-0.3, -0.25) is 0 Å². The third-order valence-corrected chi connectivity index (χ3v) is 5.28. The van der Waals surface area contributed by atoms with Gasteiger partial charge in [-0.1, -0.05) is 31.9 Å². The number of rotatable bonds is 6. The van der Waals surface area contributed by atoms with E-state index in [0.717, 1.165) is 42.9 Å². The van der Waals surface area contributed by atoms with Gasteiger partial charge in [0.1, 0.15) is 12.4 Å². The number of unbranched alkanes of at least 4 members (excludes halogenated alkanes) is 2. The van der Waals surface area contributed by atoms with Crippen molar-refractivity contribution in [2.75, 3.05) is 13.3 Å². The molecule has 0 fully saturated rings. The molecule has 0 atom stereocenters. The van der Waals surface area contributed by atoms with Crippen molar-refractivity contribution in [3.8, 4) is 11.5 Å². The van der Waals surface area contributed by atoms with Crippen LogP contribution in [0.2, 0.25) is 0 Å². The highest BCUT2D eigenvalue weighted by Gasteiger charge is 2.29. The molecule has 2 aromatic carbocycles. The van der Waals surface area contributed by atoms with Crippen LogP contribution >= 0.6 is 0 Å². The third-order valence-electron chi connectivity index (χ3n) is 5.28. The van der Waals surface area contributed by atoms with Crippen molar-refractivity contribution in [2.45, 2.75) is 45.6 Å². The molecule has 0 spiro atoms. The second kappa shape index (κ2) is 8.75. The predicted octanol–water partition coefficient (Wildman–Crippen LogP) is 1.70. The molecule has 0 bridgehead atoms. The van der Waals surface area contributed by atoms with Crippen molar-refractivity contribution in [3.05, 3.63) is 58.9 Å². The van der Waals surface area contributed by atoms with E-state index in [1.54, 1.807) is 12.1 Å². The fourth-order valence-electron chi connectivity index (χ4n) is 3.86. The summed E-state index contributed by atoms with van der Waals surface area (Å²) in [6.07, 6.45) is 5.49. The Balaban J connectivity index is 0.00000210. The van der Waals surface area contributed by atoms with E-state index in [1.807, 2.05) is 12.1 Å². The molecule has 0 amide bonds. The SMILES string of the molecule is CCCCCC1=[N+](Cc2ccccc2F)CCc2cc3c(cc21)OCO3.[Cl-]. The Morgan fingerprint density at radius 3 is 2.63 bits per heavy atom. The Labute approximate surface area is 166 Å². The summed E-state index contributed by atoms with van der Waals surface area (Å²) >= 11 is 0. The molecule has 0 unspecified atom stereocenters. The molecule has 3 nitrogen and oxygen atoms in total. The molecule has 4 rings (SSSR count). The topological polar surface area (TPSA) is 21.5 Å². The zero-order chi connectivity index (χ0) is 17.9. The monoisotopic (exact) mass is 389 g/mol. The highest BCUT2D eigenvalue weighted by molar-refractivity contribution is 5.99. The van der Waals surface area contributed by atoms with Gasteiger partial charge in [0.15, 0.2) is 23.8 Å². The summed E-state index contributed by atoms with van der Waals surface area (Å²) in [4.78, 5) is 0. The molecule has 2 aromatic rings. The van der Waals surface area contributed by atoms with Crippen molar-refractivity contribution in [1.29, 1.82) is 0 Å². The van der Waals surface area contributed by atoms with E-state index in [2.05, 4.69) is 23.6 Å². The van der Waals surface area contributed by atoms with Gasteiger partial charge < -0.3 is 21.9 Å². The molecule has 0 N–H and O–H groups in total. The van der Waals surface area contributed by atoms with E-state index in [-0.39, 0.29) is 18.2 Å². The number of benzene rings is 2. The average molecular weight is 390 g/mol. The predicted molar refractivity (Wildman–Crippen MR) is 99.8 cm³/mol. The zero-order valence-electron chi connectivity index (χ0n) is 15.6. The van der Waals surface area contributed by atoms with Gasteiger partial charge in [-0.05, 0) is 36.2 Å². The van der Waals surface area contributed by atoms with Crippen LogP contribution in [0.25, 0.3) is 0 Å². The molecule has 5 heteroatoms. The first-order chi connectivity index (χ1) is 12.8. The summed E-state index contributed by atoms with van der Waals surface area (Å²) in [7, 11) is 0. The highest BCUT2D eigenvalue weighted by atomic mass is 35.5. The van der Waals surface area contributed by atoms with Gasteiger partial charge in [-0.2, -0.15) is 0 Å². The molecule has 0 saturated heterocycles. The van der Waals surface area contributed by atoms with E-state index in [1.165, 1.54) is 29.7 Å². The number of fused-ring (bicyclic) bond motifs is 2. The Hall–Kier alpha value is -2.07. The van der Waals surface area contributed by atoms with Gasteiger partial charge in [0.2, 0.25) is 6.79 Å². The molecule has 2 heterocycles. The molecule has 0 aromatic heterocycles. The van der Waals surface area contributed by atoms with Crippen LogP contribution in [0.1, 0.15) is 49.3 Å². The van der Waals surface area contributed by atoms with E-state index < -0.39 is 0 Å². The smallest absolute Gasteiger partial charge is 0.231 e. The van der Waals surface area contributed by atoms with Crippen molar-refractivity contribution in [3.63, 3.8) is 0 Å². The summed E-state index contributed by atoms with van der Waals surface area (Å²) in [5.41, 5.74) is 4.62. The minimum atomic E-state index is -0.128. The number of halogens is 2. The first-order valence-electron chi connectivity index (χ1n) is 9.53. The first kappa shape index (κ1) is 19.7. The molecular weight excluding hydrogens is 365 g/mol. The highest BCUT2D eigenvalue weighted by Crippen LogP contribution is 2.37. The van der Waals surface area contributed by atoms with Gasteiger partial charge in [-0.15, -0.1) is 0 Å². The number of hydrogen-bond acceptors (Lipinski definition) is 2. The van der Waals surface area contributed by atoms with Crippen molar-refractivity contribution >= 4 is 5.71 Å². The Morgan fingerprint density at radius 1 is 1.07 bits per heavy atom. The standard InChI is InChI=1S/C22H25FNO2.ClH/c1-2-3-4-9-20-18-13-22-21(25-15-26-22)12-16(18)10-11-24(20)14-17-7-5-6-8-19(17)23;/h5-8,12-13H,2-4,9-11,14-15H2,1H3;1H/q+1;/p-1. The molecule has 27 heavy (non-hydrogen) atoms. The maximum atomic E-state index is 14.2. The minimum absolute atomic E-state index is 0. The van der Waals surface area contributed by atoms with E-state index in [9.17, 15) is 4.39 Å². The summed E-state index contributed by atoms with van der Waals surface area (Å²) < 4.78 is 27.7. The van der Waals surface area contributed by atoms with Crippen LogP contribution in [0.4, 0.5) is 4.39 Å². The van der Waals surface area contributed by atoms with Crippen molar-refractivity contribution in [1.82, 2.24) is 0 Å². The van der Waals surface area contributed by atoms with Gasteiger partial charge in [-0.25, -0.2) is 8.97 Å². The van der Waals surface area contributed by atoms with Crippen LogP contribution in [-0.2, 0) is 13.0 Å². The quantitative estimate of drug-likeness (QED) is 0.554. The second-order valence-electron chi connectivity index (χ2n) is 7.03. The van der Waals surface area contributed by atoms with Crippen LogP contribution in [-0.4, -0.2) is 23.6 Å². The van der Waals surface area contributed by atoms with Crippen LogP contribution in [0.3, 0.4) is 0 Å². The van der Waals surface area contributed by atoms with Crippen LogP contribution < -0.4 is 21.9 Å². The van der Waals surface area contributed by atoms with Gasteiger partial charge >= 0.3 is 0 Å². The van der Waals surface area contributed by atoms with Crippen LogP contribution in [0, 0.1) is 5.82 Å². The Bertz CT molecular complexity index is 850. The molecule has 0 radical (unpaired) electrons. The average Bonchev–Trinajstić information content (AvgIpc) is 3.11. The fraction of sp³-hybridized carbons (Fsp3) is 0.409. The Kier molecular flexibility index (Phi) is 6.38. The van der Waals surface area contributed by atoms with Crippen LogP contribution in [0.5, 0.6) is 11.5 Å². The Morgan fingerprint density at radius 2 is 1.85 bits per heavy atom. The molecular formula is C22H25ClFNO2. The van der Waals surface area contributed by atoms with Gasteiger partial charge in [0.25, 0.3) is 0 Å². The van der Waals surface area contributed by atoms with E-state index in [4.69, 9.17) is 9.47 Å². The lowest BCUT2D eigenvalue weighted by atomic mass is 9.92. The summed E-state index contributed by atoms with van der Waals surface area (Å²) in [6, 6.07) is 11.3. The molecule has 2 aliphatic heterocycles. The maximum Gasteiger partial charge on any atom is 0.231 e. The van der Waals surface area contributed by atoms with Crippen molar-refractivity contribution < 1.29 is 30.8 Å². The van der Waals surface area contributed by atoms with Crippen molar-refractivity contribution in [2.24, 2.45) is 0 Å². The lowest BCUT2D eigenvalue weighted by molar-refractivity contribution is -0.546.